The molecule has 0 aliphatic heterocycles. The van der Waals surface area contributed by atoms with Crippen LogP contribution in [0.3, 0.4) is 0 Å². The summed E-state index contributed by atoms with van der Waals surface area (Å²) in [4.78, 5) is 25.0. The van der Waals surface area contributed by atoms with E-state index in [0.29, 0.717) is 18.2 Å². The quantitative estimate of drug-likeness (QED) is 0.359. The van der Waals surface area contributed by atoms with Gasteiger partial charge in [-0.3, -0.25) is 14.7 Å². The van der Waals surface area contributed by atoms with Gasteiger partial charge in [-0.2, -0.15) is 13.2 Å². The molecule has 13 heteroatoms. The van der Waals surface area contributed by atoms with Crippen molar-refractivity contribution in [1.82, 2.24) is 9.78 Å². The number of nitrogens with one attached hydrogen (secondary N) is 1. The van der Waals surface area contributed by atoms with Crippen molar-refractivity contribution in [1.29, 1.82) is 0 Å². The number of hydrogen-bond donors (Lipinski definition) is 1. The Morgan fingerprint density at radius 2 is 1.35 bits per heavy atom. The van der Waals surface area contributed by atoms with Crippen LogP contribution in [0.2, 0.25) is 0 Å². The predicted octanol–water partition coefficient (Wildman–Crippen LogP) is 4.56. The summed E-state index contributed by atoms with van der Waals surface area (Å²) in [5, 5.41) is 1.90. The summed E-state index contributed by atoms with van der Waals surface area (Å²) < 4.78 is 121. The second kappa shape index (κ2) is 7.32. The molecule has 1 aromatic heterocycles. The predicted molar refractivity (Wildman–Crippen MR) is 85.8 cm³/mol. The maximum Gasteiger partial charge on any atom is 0.422 e. The first-order valence-electron chi connectivity index (χ1n) is 8.01. The lowest BCUT2D eigenvalue weighted by Crippen LogP contribution is -2.25. The average molecular weight is 454 g/mol. The van der Waals surface area contributed by atoms with E-state index >= 15 is 0 Å². The Hall–Kier alpha value is -3.51. The minimum Gasteiger partial charge on any atom is -0.294 e. The minimum absolute atomic E-state index is 0.227. The second-order valence-corrected chi connectivity index (χ2v) is 6.22. The summed E-state index contributed by atoms with van der Waals surface area (Å²) in [5.41, 5.74) is -8.45. The van der Waals surface area contributed by atoms with Crippen molar-refractivity contribution in [3.05, 3.63) is 85.8 Å². The number of aryl methyl sites for hydroxylation is 1. The zero-order valence-electron chi connectivity index (χ0n) is 14.9. The molecule has 0 spiro atoms. The van der Waals surface area contributed by atoms with Crippen LogP contribution in [-0.2, 0) is 6.18 Å². The number of H-pyrrole nitrogens is 1. The van der Waals surface area contributed by atoms with Gasteiger partial charge in [0.1, 0.15) is 28.4 Å². The number of rotatable bonds is 3. The van der Waals surface area contributed by atoms with Crippen molar-refractivity contribution in [2.24, 2.45) is 0 Å². The lowest BCUT2D eigenvalue weighted by molar-refractivity contribution is -0.143. The van der Waals surface area contributed by atoms with Crippen molar-refractivity contribution < 1.29 is 44.3 Å². The van der Waals surface area contributed by atoms with E-state index in [-0.39, 0.29) is 4.68 Å². The van der Waals surface area contributed by atoms with Crippen molar-refractivity contribution in [2.75, 3.05) is 0 Å². The van der Waals surface area contributed by atoms with Gasteiger partial charge < -0.3 is 0 Å². The molecule has 0 fully saturated rings. The molecule has 1 N–H and O–H groups in total. The average Bonchev–Trinajstić information content (AvgIpc) is 2.92. The van der Waals surface area contributed by atoms with Gasteiger partial charge in [0.25, 0.3) is 5.56 Å². The molecule has 164 valence electrons. The Morgan fingerprint density at radius 1 is 0.871 bits per heavy atom. The molecule has 0 saturated heterocycles. The number of carbonyl (C=O) groups excluding carboxylic acids is 1. The Bertz CT molecular complexity index is 1240. The number of benzene rings is 2. The van der Waals surface area contributed by atoms with E-state index < -0.39 is 80.5 Å². The summed E-state index contributed by atoms with van der Waals surface area (Å²) in [6, 6.07) is 1.50. The largest absolute Gasteiger partial charge is 0.422 e. The zero-order chi connectivity index (χ0) is 23.4. The molecule has 3 rings (SSSR count). The molecule has 0 radical (unpaired) electrons. The van der Waals surface area contributed by atoms with Gasteiger partial charge in [0.05, 0.1) is 0 Å². The molecule has 0 amide bonds. The molecule has 3 aromatic rings. The van der Waals surface area contributed by atoms with Gasteiger partial charge >= 0.3 is 6.18 Å². The van der Waals surface area contributed by atoms with Crippen molar-refractivity contribution in [2.45, 2.75) is 13.1 Å². The van der Waals surface area contributed by atoms with E-state index in [0.717, 1.165) is 6.92 Å². The Balaban J connectivity index is 2.26. The molecule has 31 heavy (non-hydrogen) atoms. The number of alkyl halides is 3. The first-order valence-corrected chi connectivity index (χ1v) is 8.01. The first-order chi connectivity index (χ1) is 14.3. The fourth-order valence-electron chi connectivity index (χ4n) is 2.87. The Morgan fingerprint density at radius 3 is 1.81 bits per heavy atom. The van der Waals surface area contributed by atoms with Crippen LogP contribution in [0.1, 0.15) is 27.2 Å². The number of aromatic nitrogens is 2. The van der Waals surface area contributed by atoms with E-state index in [1.54, 1.807) is 0 Å². The molecule has 0 atom stereocenters. The van der Waals surface area contributed by atoms with E-state index in [4.69, 9.17) is 0 Å². The third kappa shape index (κ3) is 3.59. The minimum atomic E-state index is -5.80. The standard InChI is InChI=1S/C18H7F9N2O2/c1-5-9(16(30)6-2-7(19)4-8(20)3-6)17(31)29(28-5)15-13(23)11(21)10(18(25,26)27)12(22)14(15)24/h2-4,28H,1H3. The molecule has 0 saturated carbocycles. The number of carbonyl (C=O) groups is 1. The third-order valence-electron chi connectivity index (χ3n) is 4.17. The summed E-state index contributed by atoms with van der Waals surface area (Å²) in [7, 11) is 0. The molecule has 2 aromatic carbocycles. The lowest BCUT2D eigenvalue weighted by Gasteiger charge is -2.14. The highest BCUT2D eigenvalue weighted by molar-refractivity contribution is 6.09. The SMILES string of the molecule is Cc1[nH]n(-c2c(F)c(F)c(C(F)(F)F)c(F)c2F)c(=O)c1C(=O)c1cc(F)cc(F)c1. The summed E-state index contributed by atoms with van der Waals surface area (Å²) in [6.45, 7) is 0.993. The fraction of sp³-hybridized carbons (Fsp3) is 0.111. The molecule has 0 aliphatic carbocycles. The van der Waals surface area contributed by atoms with Crippen LogP contribution in [0.25, 0.3) is 5.69 Å². The Kier molecular flexibility index (Phi) is 5.24. The molecular formula is C18H7F9N2O2. The van der Waals surface area contributed by atoms with Gasteiger partial charge in [0.15, 0.2) is 23.3 Å². The number of hydrogen-bond acceptors (Lipinski definition) is 2. The maximum atomic E-state index is 14.2. The molecule has 4 nitrogen and oxygen atoms in total. The van der Waals surface area contributed by atoms with E-state index in [1.165, 1.54) is 0 Å². The van der Waals surface area contributed by atoms with Gasteiger partial charge in [-0.15, -0.1) is 0 Å². The normalized spacial score (nSPS) is 11.8. The van der Waals surface area contributed by atoms with Crippen LogP contribution >= 0.6 is 0 Å². The highest BCUT2D eigenvalue weighted by atomic mass is 19.4. The lowest BCUT2D eigenvalue weighted by atomic mass is 10.0. The van der Waals surface area contributed by atoms with E-state index in [1.807, 2.05) is 5.10 Å². The molecule has 0 unspecified atom stereocenters. The number of aromatic amines is 1. The highest BCUT2D eigenvalue weighted by Crippen LogP contribution is 2.37. The first kappa shape index (κ1) is 22.2. The van der Waals surface area contributed by atoms with Crippen molar-refractivity contribution in [3.63, 3.8) is 0 Å². The fourth-order valence-corrected chi connectivity index (χ4v) is 2.87. The van der Waals surface area contributed by atoms with E-state index in [9.17, 15) is 49.1 Å². The van der Waals surface area contributed by atoms with Gasteiger partial charge in [0.2, 0.25) is 5.78 Å². The monoisotopic (exact) mass is 454 g/mol. The van der Waals surface area contributed by atoms with E-state index in [2.05, 4.69) is 0 Å². The molecule has 1 heterocycles. The van der Waals surface area contributed by atoms with Crippen LogP contribution in [0, 0.1) is 41.8 Å². The molecular weight excluding hydrogens is 447 g/mol. The van der Waals surface area contributed by atoms with Crippen molar-refractivity contribution >= 4 is 5.78 Å². The van der Waals surface area contributed by atoms with Crippen LogP contribution < -0.4 is 5.56 Å². The molecule has 0 aliphatic rings. The maximum absolute atomic E-state index is 14.2. The smallest absolute Gasteiger partial charge is 0.294 e. The van der Waals surface area contributed by atoms with Crippen LogP contribution in [0.5, 0.6) is 0 Å². The van der Waals surface area contributed by atoms with Gasteiger partial charge in [-0.25, -0.2) is 31.0 Å². The topological polar surface area (TPSA) is 54.9 Å². The molecule has 0 bridgehead atoms. The van der Waals surface area contributed by atoms with Crippen LogP contribution in [0.15, 0.2) is 23.0 Å². The summed E-state index contributed by atoms with van der Waals surface area (Å²) in [6.07, 6.45) is -5.80. The number of ketones is 1. The van der Waals surface area contributed by atoms with Gasteiger partial charge in [-0.1, -0.05) is 0 Å². The van der Waals surface area contributed by atoms with Gasteiger partial charge in [0, 0.05) is 17.3 Å². The van der Waals surface area contributed by atoms with Crippen molar-refractivity contribution in [3.8, 4) is 5.69 Å². The van der Waals surface area contributed by atoms with Crippen LogP contribution in [0.4, 0.5) is 39.5 Å². The Labute approximate surface area is 165 Å². The number of halogens is 9. The second-order valence-electron chi connectivity index (χ2n) is 6.22. The third-order valence-corrected chi connectivity index (χ3v) is 4.17. The highest BCUT2D eigenvalue weighted by Gasteiger charge is 2.43. The summed E-state index contributed by atoms with van der Waals surface area (Å²) in [5.74, 6) is -14.5. The number of nitrogens with zero attached hydrogens (tertiary/aromatic N) is 1. The van der Waals surface area contributed by atoms with Crippen LogP contribution in [-0.4, -0.2) is 15.6 Å². The van der Waals surface area contributed by atoms with Gasteiger partial charge in [-0.05, 0) is 19.1 Å². The zero-order valence-corrected chi connectivity index (χ0v) is 14.9. The summed E-state index contributed by atoms with van der Waals surface area (Å²) >= 11 is 0.